The molecule has 0 aliphatic rings. The summed E-state index contributed by atoms with van der Waals surface area (Å²) in [6.07, 6.45) is 1.67. The summed E-state index contributed by atoms with van der Waals surface area (Å²) in [5.41, 5.74) is 0.920. The van der Waals surface area contributed by atoms with Gasteiger partial charge in [-0.15, -0.1) is 0 Å². The van der Waals surface area contributed by atoms with E-state index in [0.29, 0.717) is 5.75 Å². The molecule has 0 bridgehead atoms. The van der Waals surface area contributed by atoms with Gasteiger partial charge in [0.05, 0.1) is 0 Å². The van der Waals surface area contributed by atoms with Gasteiger partial charge in [-0.25, -0.2) is 0 Å². The molecule has 0 amide bonds. The molecule has 1 aromatic rings. The van der Waals surface area contributed by atoms with Crippen LogP contribution in [0.25, 0.3) is 6.08 Å². The lowest BCUT2D eigenvalue weighted by Gasteiger charge is -1.94. The van der Waals surface area contributed by atoms with E-state index in [-0.39, 0.29) is 0 Å². The summed E-state index contributed by atoms with van der Waals surface area (Å²) in [6, 6.07) is 6.59. The van der Waals surface area contributed by atoms with Crippen molar-refractivity contribution in [1.29, 1.82) is 0 Å². The van der Waals surface area contributed by atoms with Crippen LogP contribution in [0.15, 0.2) is 30.8 Å². The van der Waals surface area contributed by atoms with Gasteiger partial charge in [0.1, 0.15) is 0 Å². The molecule has 0 saturated carbocycles. The maximum Gasteiger partial charge on any atom is 0.539 e. The van der Waals surface area contributed by atoms with Gasteiger partial charge in [0.25, 0.3) is 0 Å². The molecule has 4 heteroatoms. The van der Waals surface area contributed by atoms with Gasteiger partial charge in [-0.05, 0) is 22.3 Å². The molecule has 0 radical (unpaired) electrons. The van der Waals surface area contributed by atoms with Crippen molar-refractivity contribution in [3.05, 3.63) is 36.4 Å². The second-order valence-corrected chi connectivity index (χ2v) is 2.72. The van der Waals surface area contributed by atoms with Gasteiger partial charge in [-0.3, -0.25) is 4.52 Å². The Morgan fingerprint density at radius 1 is 1.42 bits per heavy atom. The summed E-state index contributed by atoms with van der Waals surface area (Å²) in [5.74, 6) is 0.316. The van der Waals surface area contributed by atoms with Crippen molar-refractivity contribution in [3.8, 4) is 5.75 Å². The first-order valence-electron chi connectivity index (χ1n) is 3.27. The van der Waals surface area contributed by atoms with E-state index in [4.69, 9.17) is 0 Å². The Hall–Kier alpha value is -1.18. The third-order valence-corrected chi connectivity index (χ3v) is 1.66. The summed E-state index contributed by atoms with van der Waals surface area (Å²) in [6.45, 7) is 3.56. The van der Waals surface area contributed by atoms with Crippen LogP contribution in [0.1, 0.15) is 5.56 Å². The molecule has 0 aliphatic heterocycles. The molecule has 0 heterocycles. The maximum atomic E-state index is 10.1. The van der Waals surface area contributed by atoms with E-state index < -0.39 is 8.25 Å². The largest absolute Gasteiger partial charge is 0.558 e. The van der Waals surface area contributed by atoms with E-state index in [9.17, 15) is 9.46 Å². The van der Waals surface area contributed by atoms with Crippen LogP contribution in [-0.4, -0.2) is 0 Å². The Morgan fingerprint density at radius 2 is 2.00 bits per heavy atom. The highest BCUT2D eigenvalue weighted by molar-refractivity contribution is 7.31. The Bertz CT molecular complexity index is 292. The molecule has 1 rings (SSSR count). The first kappa shape index (κ1) is 8.91. The second-order valence-electron chi connectivity index (χ2n) is 2.09. The van der Waals surface area contributed by atoms with Gasteiger partial charge < -0.3 is 4.89 Å². The summed E-state index contributed by atoms with van der Waals surface area (Å²) >= 11 is 0. The van der Waals surface area contributed by atoms with Crippen LogP contribution >= 0.6 is 8.25 Å². The van der Waals surface area contributed by atoms with Crippen LogP contribution in [-0.2, 0) is 4.57 Å². The number of hydrogen-bond acceptors (Lipinski definition) is 3. The lowest BCUT2D eigenvalue weighted by molar-refractivity contribution is -0.178. The smallest absolute Gasteiger partial charge is 0.539 e. The van der Waals surface area contributed by atoms with Crippen molar-refractivity contribution >= 4 is 14.3 Å². The van der Waals surface area contributed by atoms with Crippen LogP contribution in [0.5, 0.6) is 5.75 Å². The fourth-order valence-corrected chi connectivity index (χ4v) is 1.04. The Kier molecular flexibility index (Phi) is 2.97. The monoisotopic (exact) mass is 182 g/mol. The van der Waals surface area contributed by atoms with Crippen molar-refractivity contribution in [2.24, 2.45) is 0 Å². The topological polar surface area (TPSA) is 49.4 Å². The quantitative estimate of drug-likeness (QED) is 0.668. The molecule has 0 fully saturated rings. The molecule has 12 heavy (non-hydrogen) atoms. The van der Waals surface area contributed by atoms with Crippen molar-refractivity contribution in [2.45, 2.75) is 0 Å². The number of benzene rings is 1. The highest BCUT2D eigenvalue weighted by Crippen LogP contribution is 2.20. The molecule has 1 atom stereocenters. The molecular formula is C8H7O3P. The third kappa shape index (κ3) is 2.46. The minimum Gasteiger partial charge on any atom is -0.558 e. The normalized spacial score (nSPS) is 10.6. The van der Waals surface area contributed by atoms with Gasteiger partial charge >= 0.3 is 8.25 Å². The molecule has 3 nitrogen and oxygen atoms in total. The molecule has 0 spiro atoms. The fourth-order valence-electron chi connectivity index (χ4n) is 0.751. The Labute approximate surface area is 71.3 Å². The van der Waals surface area contributed by atoms with E-state index in [1.165, 1.54) is 0 Å². The maximum absolute atomic E-state index is 10.1. The van der Waals surface area contributed by atoms with Gasteiger partial charge in [0.2, 0.25) is 0 Å². The number of hydrogen-bond donors (Lipinski definition) is 0. The summed E-state index contributed by atoms with van der Waals surface area (Å²) in [4.78, 5) is 10.1. The molecule has 62 valence electrons. The van der Waals surface area contributed by atoms with Gasteiger partial charge in [0, 0.05) is 0 Å². The SMILES string of the molecule is C=Cc1ccc(O[P+](=O)[O-])cc1. The van der Waals surface area contributed by atoms with Gasteiger partial charge in [-0.2, -0.15) is 0 Å². The summed E-state index contributed by atoms with van der Waals surface area (Å²) in [7, 11) is -2.82. The second kappa shape index (κ2) is 4.00. The van der Waals surface area contributed by atoms with Crippen LogP contribution in [0.2, 0.25) is 0 Å². The molecule has 1 unspecified atom stereocenters. The van der Waals surface area contributed by atoms with E-state index in [0.717, 1.165) is 5.56 Å². The zero-order valence-corrected chi connectivity index (χ0v) is 7.16. The minimum absolute atomic E-state index is 0.316. The van der Waals surface area contributed by atoms with Crippen molar-refractivity contribution in [3.63, 3.8) is 0 Å². The lowest BCUT2D eigenvalue weighted by atomic mass is 10.2. The molecule has 0 aliphatic carbocycles. The van der Waals surface area contributed by atoms with E-state index in [1.807, 2.05) is 0 Å². The third-order valence-electron chi connectivity index (χ3n) is 1.30. The molecule has 0 N–H and O–H groups in total. The number of rotatable bonds is 3. The van der Waals surface area contributed by atoms with E-state index >= 15 is 0 Å². The predicted molar refractivity (Wildman–Crippen MR) is 44.8 cm³/mol. The first-order chi connectivity index (χ1) is 5.72. The van der Waals surface area contributed by atoms with Crippen molar-refractivity contribution < 1.29 is 14.0 Å². The Balaban J connectivity index is 2.77. The lowest BCUT2D eigenvalue weighted by Crippen LogP contribution is -1.92. The van der Waals surface area contributed by atoms with Crippen LogP contribution in [0.4, 0.5) is 0 Å². The van der Waals surface area contributed by atoms with E-state index in [1.54, 1.807) is 30.3 Å². The molecular weight excluding hydrogens is 175 g/mol. The van der Waals surface area contributed by atoms with E-state index in [2.05, 4.69) is 11.1 Å². The average molecular weight is 182 g/mol. The van der Waals surface area contributed by atoms with Crippen molar-refractivity contribution in [2.75, 3.05) is 0 Å². The zero-order chi connectivity index (χ0) is 8.97. The van der Waals surface area contributed by atoms with Crippen molar-refractivity contribution in [1.82, 2.24) is 0 Å². The van der Waals surface area contributed by atoms with Gasteiger partial charge in [-0.1, -0.05) is 24.8 Å². The Morgan fingerprint density at radius 3 is 2.42 bits per heavy atom. The minimum atomic E-state index is -2.82. The fraction of sp³-hybridized carbons (Fsp3) is 0. The first-order valence-corrected chi connectivity index (χ1v) is 4.37. The van der Waals surface area contributed by atoms with Crippen LogP contribution < -0.4 is 9.42 Å². The van der Waals surface area contributed by atoms with Crippen LogP contribution in [0.3, 0.4) is 0 Å². The molecule has 1 aromatic carbocycles. The zero-order valence-electron chi connectivity index (χ0n) is 6.27. The average Bonchev–Trinajstić information content (AvgIpc) is 2.05. The highest BCUT2D eigenvalue weighted by atomic mass is 31.1. The highest BCUT2D eigenvalue weighted by Gasteiger charge is 2.02. The van der Waals surface area contributed by atoms with Crippen LogP contribution in [0, 0.1) is 0 Å². The van der Waals surface area contributed by atoms with Gasteiger partial charge in [0.15, 0.2) is 5.75 Å². The molecule has 0 saturated heterocycles. The molecule has 0 aromatic heterocycles. The summed E-state index contributed by atoms with van der Waals surface area (Å²) in [5, 5.41) is 0. The predicted octanol–water partition coefficient (Wildman–Crippen LogP) is 1.73. The standard InChI is InChI=1S/C8H7O3P/c1-2-7-3-5-8(6-4-7)11-12(9)10/h2-6H,1H2. The summed E-state index contributed by atoms with van der Waals surface area (Å²) < 4.78 is 14.6.